The number of aryl methyl sites for hydroxylation is 1. The van der Waals surface area contributed by atoms with E-state index in [4.69, 9.17) is 14.4 Å². The number of carboxylic acids is 1. The first-order valence-electron chi connectivity index (χ1n) is 7.30. The number of likely N-dealkylation sites (tertiary alicyclic amines) is 1. The van der Waals surface area contributed by atoms with Crippen LogP contribution in [0.25, 0.3) is 0 Å². The molecule has 122 valence electrons. The number of ether oxygens (including phenoxy) is 1. The average molecular weight is 311 g/mol. The quantitative estimate of drug-likeness (QED) is 0.908. The first kappa shape index (κ1) is 16.3. The summed E-state index contributed by atoms with van der Waals surface area (Å²) in [6, 6.07) is -0.280. The number of hydrogen-bond acceptors (Lipinski definition) is 6. The minimum atomic E-state index is -0.920. The van der Waals surface area contributed by atoms with Gasteiger partial charge in [-0.25, -0.2) is 4.79 Å². The minimum absolute atomic E-state index is 0.0674. The molecular weight excluding hydrogens is 290 g/mol. The van der Waals surface area contributed by atoms with Gasteiger partial charge in [-0.2, -0.15) is 4.98 Å². The second kappa shape index (κ2) is 6.33. The van der Waals surface area contributed by atoms with E-state index in [-0.39, 0.29) is 24.8 Å². The third-order valence-electron chi connectivity index (χ3n) is 3.22. The summed E-state index contributed by atoms with van der Waals surface area (Å²) in [5.41, 5.74) is -0.561. The van der Waals surface area contributed by atoms with Crippen LogP contribution in [0.4, 0.5) is 4.79 Å². The van der Waals surface area contributed by atoms with Crippen molar-refractivity contribution in [1.29, 1.82) is 0 Å². The van der Waals surface area contributed by atoms with Crippen LogP contribution < -0.4 is 0 Å². The molecule has 1 aliphatic rings. The lowest BCUT2D eigenvalue weighted by atomic mass is 10.2. The SMILES string of the molecule is CC(C)(C)OC(=O)N1CCCC1c1noc(CCC(=O)O)n1. The number of aliphatic carboxylic acids is 1. The summed E-state index contributed by atoms with van der Waals surface area (Å²) in [5, 5.41) is 12.5. The summed E-state index contributed by atoms with van der Waals surface area (Å²) < 4.78 is 10.4. The van der Waals surface area contributed by atoms with Crippen molar-refractivity contribution in [3.05, 3.63) is 11.7 Å². The van der Waals surface area contributed by atoms with Crippen molar-refractivity contribution in [2.75, 3.05) is 6.54 Å². The fourth-order valence-electron chi connectivity index (χ4n) is 2.29. The highest BCUT2D eigenvalue weighted by Crippen LogP contribution is 2.31. The van der Waals surface area contributed by atoms with Crippen LogP contribution in [-0.4, -0.2) is 44.4 Å². The van der Waals surface area contributed by atoms with E-state index in [0.29, 0.717) is 12.4 Å². The molecule has 1 atom stereocenters. The van der Waals surface area contributed by atoms with E-state index in [0.717, 1.165) is 12.8 Å². The Bertz CT molecular complexity index is 549. The van der Waals surface area contributed by atoms with E-state index in [1.807, 2.05) is 20.8 Å². The van der Waals surface area contributed by atoms with Crippen molar-refractivity contribution >= 4 is 12.1 Å². The Labute approximate surface area is 128 Å². The van der Waals surface area contributed by atoms with Crippen LogP contribution in [0.1, 0.15) is 57.8 Å². The predicted octanol–water partition coefficient (Wildman–Crippen LogP) is 2.16. The van der Waals surface area contributed by atoms with Gasteiger partial charge in [-0.15, -0.1) is 0 Å². The molecule has 0 radical (unpaired) electrons. The Kier molecular flexibility index (Phi) is 4.68. The van der Waals surface area contributed by atoms with Crippen LogP contribution in [0, 0.1) is 0 Å². The molecule has 1 aromatic heterocycles. The zero-order valence-corrected chi connectivity index (χ0v) is 13.0. The van der Waals surface area contributed by atoms with Crippen molar-refractivity contribution in [2.45, 2.75) is 58.1 Å². The Balaban J connectivity index is 2.04. The largest absolute Gasteiger partial charge is 0.481 e. The van der Waals surface area contributed by atoms with Crippen LogP contribution >= 0.6 is 0 Å². The number of amides is 1. The van der Waals surface area contributed by atoms with Crippen LogP contribution in [0.2, 0.25) is 0 Å². The Morgan fingerprint density at radius 2 is 2.18 bits per heavy atom. The van der Waals surface area contributed by atoms with Gasteiger partial charge in [0.05, 0.1) is 12.5 Å². The van der Waals surface area contributed by atoms with Gasteiger partial charge >= 0.3 is 12.1 Å². The molecule has 1 fully saturated rings. The summed E-state index contributed by atoms with van der Waals surface area (Å²) >= 11 is 0. The van der Waals surface area contributed by atoms with Gasteiger partial charge in [0.1, 0.15) is 5.60 Å². The normalized spacial score (nSPS) is 18.5. The van der Waals surface area contributed by atoms with E-state index >= 15 is 0 Å². The van der Waals surface area contributed by atoms with Gasteiger partial charge in [0.25, 0.3) is 0 Å². The number of carboxylic acid groups (broad SMARTS) is 1. The molecular formula is C14H21N3O5. The Morgan fingerprint density at radius 1 is 1.45 bits per heavy atom. The number of nitrogens with zero attached hydrogens (tertiary/aromatic N) is 3. The van der Waals surface area contributed by atoms with Gasteiger partial charge in [0.2, 0.25) is 5.89 Å². The first-order valence-corrected chi connectivity index (χ1v) is 7.30. The summed E-state index contributed by atoms with van der Waals surface area (Å²) in [6.45, 7) is 6.02. The molecule has 1 aliphatic heterocycles. The van der Waals surface area contributed by atoms with Crippen molar-refractivity contribution in [2.24, 2.45) is 0 Å². The predicted molar refractivity (Wildman–Crippen MR) is 75.2 cm³/mol. The van der Waals surface area contributed by atoms with Gasteiger partial charge in [0.15, 0.2) is 5.82 Å². The minimum Gasteiger partial charge on any atom is -0.481 e. The average Bonchev–Trinajstić information content (AvgIpc) is 3.03. The number of carbonyl (C=O) groups is 2. The molecule has 1 saturated heterocycles. The van der Waals surface area contributed by atoms with Crippen molar-refractivity contribution in [3.8, 4) is 0 Å². The topological polar surface area (TPSA) is 106 Å². The lowest BCUT2D eigenvalue weighted by Gasteiger charge is -2.27. The second-order valence-electron chi connectivity index (χ2n) is 6.27. The third-order valence-corrected chi connectivity index (χ3v) is 3.22. The highest BCUT2D eigenvalue weighted by atomic mass is 16.6. The van der Waals surface area contributed by atoms with Crippen molar-refractivity contribution < 1.29 is 24.0 Å². The molecule has 2 heterocycles. The molecule has 0 bridgehead atoms. The van der Waals surface area contributed by atoms with E-state index in [2.05, 4.69) is 10.1 Å². The lowest BCUT2D eigenvalue weighted by molar-refractivity contribution is -0.137. The number of hydrogen-bond donors (Lipinski definition) is 1. The Morgan fingerprint density at radius 3 is 2.82 bits per heavy atom. The maximum absolute atomic E-state index is 12.2. The molecule has 22 heavy (non-hydrogen) atoms. The van der Waals surface area contributed by atoms with Gasteiger partial charge in [-0.05, 0) is 33.6 Å². The van der Waals surface area contributed by atoms with Gasteiger partial charge in [0, 0.05) is 13.0 Å². The monoisotopic (exact) mass is 311 g/mol. The summed E-state index contributed by atoms with van der Waals surface area (Å²) in [6.07, 6.45) is 1.29. The smallest absolute Gasteiger partial charge is 0.410 e. The zero-order valence-electron chi connectivity index (χ0n) is 13.0. The van der Waals surface area contributed by atoms with E-state index in [9.17, 15) is 9.59 Å². The van der Waals surface area contributed by atoms with E-state index < -0.39 is 17.7 Å². The fraction of sp³-hybridized carbons (Fsp3) is 0.714. The van der Waals surface area contributed by atoms with Crippen molar-refractivity contribution in [3.63, 3.8) is 0 Å². The number of aromatic nitrogens is 2. The Hall–Kier alpha value is -2.12. The molecule has 0 saturated carbocycles. The maximum Gasteiger partial charge on any atom is 0.410 e. The second-order valence-corrected chi connectivity index (χ2v) is 6.27. The molecule has 0 aliphatic carbocycles. The molecule has 0 aromatic carbocycles. The standard InChI is InChI=1S/C14H21N3O5/c1-14(2,3)21-13(20)17-8-4-5-9(17)12-15-10(22-16-12)6-7-11(18)19/h9H,4-8H2,1-3H3,(H,18,19). The molecule has 1 unspecified atom stereocenters. The molecule has 2 rings (SSSR count). The molecule has 1 aromatic rings. The highest BCUT2D eigenvalue weighted by molar-refractivity contribution is 5.69. The summed E-state index contributed by atoms with van der Waals surface area (Å²) in [4.78, 5) is 28.6. The van der Waals surface area contributed by atoms with Crippen molar-refractivity contribution in [1.82, 2.24) is 15.0 Å². The van der Waals surface area contributed by atoms with Gasteiger partial charge < -0.3 is 14.4 Å². The molecule has 1 N–H and O–H groups in total. The first-order chi connectivity index (χ1) is 10.3. The third kappa shape index (κ3) is 4.19. The fourth-order valence-corrected chi connectivity index (χ4v) is 2.29. The van der Waals surface area contributed by atoms with Crippen LogP contribution in [-0.2, 0) is 16.0 Å². The van der Waals surface area contributed by atoms with Crippen LogP contribution in [0.3, 0.4) is 0 Å². The molecule has 8 nitrogen and oxygen atoms in total. The highest BCUT2D eigenvalue weighted by Gasteiger charge is 2.35. The van der Waals surface area contributed by atoms with E-state index in [1.165, 1.54) is 0 Å². The maximum atomic E-state index is 12.2. The summed E-state index contributed by atoms with van der Waals surface area (Å²) in [7, 11) is 0. The number of rotatable bonds is 4. The summed E-state index contributed by atoms with van der Waals surface area (Å²) in [5.74, 6) is -0.242. The zero-order chi connectivity index (χ0) is 16.3. The molecule has 1 amide bonds. The number of carbonyl (C=O) groups excluding carboxylic acids is 1. The van der Waals surface area contributed by atoms with Crippen LogP contribution in [0.15, 0.2) is 4.52 Å². The molecule has 8 heteroatoms. The van der Waals surface area contributed by atoms with E-state index in [1.54, 1.807) is 4.90 Å². The lowest BCUT2D eigenvalue weighted by Crippen LogP contribution is -2.36. The molecule has 0 spiro atoms. The van der Waals surface area contributed by atoms with Gasteiger partial charge in [-0.3, -0.25) is 9.69 Å². The van der Waals surface area contributed by atoms with Gasteiger partial charge in [-0.1, -0.05) is 5.16 Å². The van der Waals surface area contributed by atoms with Crippen LogP contribution in [0.5, 0.6) is 0 Å².